The van der Waals surface area contributed by atoms with Crippen molar-refractivity contribution in [3.8, 4) is 11.3 Å². The highest BCUT2D eigenvalue weighted by Crippen LogP contribution is 2.24. The van der Waals surface area contributed by atoms with Crippen LogP contribution in [0.25, 0.3) is 11.3 Å². The number of halogens is 1. The van der Waals surface area contributed by atoms with E-state index in [-0.39, 0.29) is 5.82 Å². The molecule has 100 valence electrons. The molecular weight excluding hydrogens is 253 g/mol. The number of anilines is 1. The monoisotopic (exact) mass is 267 g/mol. The number of nitrogen functional groups attached to an aromatic ring is 1. The first-order valence-corrected chi connectivity index (χ1v) is 6.35. The van der Waals surface area contributed by atoms with Gasteiger partial charge in [0.25, 0.3) is 0 Å². The highest BCUT2D eigenvalue weighted by molar-refractivity contribution is 5.71. The zero-order chi connectivity index (χ0) is 13.9. The largest absolute Gasteiger partial charge is 0.396 e. The van der Waals surface area contributed by atoms with E-state index in [1.807, 2.05) is 30.3 Å². The smallest absolute Gasteiger partial charge is 0.123 e. The molecule has 3 aromatic rings. The molecule has 0 aliphatic carbocycles. The molecule has 0 fully saturated rings. The fourth-order valence-corrected chi connectivity index (χ4v) is 2.12. The summed E-state index contributed by atoms with van der Waals surface area (Å²) in [7, 11) is 0. The molecule has 0 unspecified atom stereocenters. The molecule has 0 radical (unpaired) electrons. The Kier molecular flexibility index (Phi) is 3.21. The lowest BCUT2D eigenvalue weighted by molar-refractivity contribution is 0.628. The molecule has 0 bridgehead atoms. The van der Waals surface area contributed by atoms with Crippen LogP contribution in [0.2, 0.25) is 0 Å². The molecule has 0 aliphatic heterocycles. The van der Waals surface area contributed by atoms with E-state index < -0.39 is 0 Å². The zero-order valence-corrected chi connectivity index (χ0v) is 10.8. The van der Waals surface area contributed by atoms with Gasteiger partial charge in [0.1, 0.15) is 11.5 Å². The molecule has 0 aliphatic rings. The van der Waals surface area contributed by atoms with Crippen molar-refractivity contribution in [2.45, 2.75) is 6.54 Å². The average Bonchev–Trinajstić information content (AvgIpc) is 2.81. The van der Waals surface area contributed by atoms with Gasteiger partial charge >= 0.3 is 0 Å². The van der Waals surface area contributed by atoms with Crippen molar-refractivity contribution in [1.82, 2.24) is 9.78 Å². The Morgan fingerprint density at radius 2 is 1.70 bits per heavy atom. The van der Waals surface area contributed by atoms with Gasteiger partial charge in [-0.25, -0.2) is 4.39 Å². The SMILES string of the molecule is Nc1cn(Cc2ccccc2)nc1-c1ccc(F)cc1. The Morgan fingerprint density at radius 3 is 2.40 bits per heavy atom. The summed E-state index contributed by atoms with van der Waals surface area (Å²) in [5.74, 6) is -0.268. The molecule has 1 aromatic heterocycles. The molecule has 0 amide bonds. The van der Waals surface area contributed by atoms with E-state index in [1.54, 1.807) is 23.0 Å². The second-order valence-electron chi connectivity index (χ2n) is 4.62. The van der Waals surface area contributed by atoms with E-state index in [0.717, 1.165) is 11.1 Å². The number of hydrogen-bond acceptors (Lipinski definition) is 2. The van der Waals surface area contributed by atoms with Crippen molar-refractivity contribution in [1.29, 1.82) is 0 Å². The number of nitrogens with two attached hydrogens (primary N) is 1. The summed E-state index contributed by atoms with van der Waals surface area (Å²) in [6, 6.07) is 16.2. The summed E-state index contributed by atoms with van der Waals surface area (Å²) >= 11 is 0. The minimum atomic E-state index is -0.268. The van der Waals surface area contributed by atoms with Crippen molar-refractivity contribution >= 4 is 5.69 Å². The van der Waals surface area contributed by atoms with Gasteiger partial charge in [0, 0.05) is 11.8 Å². The molecule has 3 rings (SSSR count). The van der Waals surface area contributed by atoms with E-state index in [2.05, 4.69) is 5.10 Å². The molecule has 0 atom stereocenters. The first kappa shape index (κ1) is 12.4. The number of hydrogen-bond donors (Lipinski definition) is 1. The van der Waals surface area contributed by atoms with Crippen molar-refractivity contribution in [2.75, 3.05) is 5.73 Å². The van der Waals surface area contributed by atoms with Crippen molar-refractivity contribution in [3.05, 3.63) is 72.2 Å². The minimum absolute atomic E-state index is 0.268. The van der Waals surface area contributed by atoms with Crippen LogP contribution in [-0.2, 0) is 6.54 Å². The summed E-state index contributed by atoms with van der Waals surface area (Å²) in [4.78, 5) is 0. The third kappa shape index (κ3) is 2.54. The van der Waals surface area contributed by atoms with Crippen molar-refractivity contribution in [2.24, 2.45) is 0 Å². The molecular formula is C16H14FN3. The van der Waals surface area contributed by atoms with Crippen LogP contribution in [0, 0.1) is 5.82 Å². The lowest BCUT2D eigenvalue weighted by Gasteiger charge is -2.01. The van der Waals surface area contributed by atoms with Gasteiger partial charge in [0.15, 0.2) is 0 Å². The van der Waals surface area contributed by atoms with Gasteiger partial charge in [0.2, 0.25) is 0 Å². The third-order valence-corrected chi connectivity index (χ3v) is 3.10. The van der Waals surface area contributed by atoms with Crippen LogP contribution in [0.3, 0.4) is 0 Å². The summed E-state index contributed by atoms with van der Waals surface area (Å²) in [6.45, 7) is 0.659. The van der Waals surface area contributed by atoms with E-state index in [9.17, 15) is 4.39 Å². The standard InChI is InChI=1S/C16H14FN3/c17-14-8-6-13(7-9-14)16-15(18)11-20(19-16)10-12-4-2-1-3-5-12/h1-9,11H,10,18H2. The second kappa shape index (κ2) is 5.17. The Hall–Kier alpha value is -2.62. The molecule has 2 aromatic carbocycles. The van der Waals surface area contributed by atoms with Crippen LogP contribution in [0.4, 0.5) is 10.1 Å². The van der Waals surface area contributed by atoms with Crippen molar-refractivity contribution < 1.29 is 4.39 Å². The molecule has 0 spiro atoms. The molecule has 0 saturated heterocycles. The Morgan fingerprint density at radius 1 is 1.00 bits per heavy atom. The second-order valence-corrected chi connectivity index (χ2v) is 4.62. The molecule has 1 heterocycles. The molecule has 20 heavy (non-hydrogen) atoms. The average molecular weight is 267 g/mol. The maximum atomic E-state index is 12.9. The third-order valence-electron chi connectivity index (χ3n) is 3.10. The van der Waals surface area contributed by atoms with Crippen LogP contribution in [0.5, 0.6) is 0 Å². The van der Waals surface area contributed by atoms with E-state index >= 15 is 0 Å². The Balaban J connectivity index is 1.89. The lowest BCUT2D eigenvalue weighted by Crippen LogP contribution is -2.00. The minimum Gasteiger partial charge on any atom is -0.396 e. The van der Waals surface area contributed by atoms with Crippen LogP contribution >= 0.6 is 0 Å². The van der Waals surface area contributed by atoms with Gasteiger partial charge in [-0.2, -0.15) is 5.10 Å². The lowest BCUT2D eigenvalue weighted by atomic mass is 10.1. The van der Waals surface area contributed by atoms with Crippen LogP contribution in [0.1, 0.15) is 5.56 Å². The predicted molar refractivity (Wildman–Crippen MR) is 77.6 cm³/mol. The topological polar surface area (TPSA) is 43.8 Å². The molecule has 4 heteroatoms. The number of benzene rings is 2. The maximum Gasteiger partial charge on any atom is 0.123 e. The highest BCUT2D eigenvalue weighted by atomic mass is 19.1. The molecule has 3 nitrogen and oxygen atoms in total. The summed E-state index contributed by atoms with van der Waals surface area (Å²) in [6.07, 6.45) is 1.80. The summed E-state index contributed by atoms with van der Waals surface area (Å²) in [5, 5.41) is 4.47. The normalized spacial score (nSPS) is 10.7. The molecule has 2 N–H and O–H groups in total. The fourth-order valence-electron chi connectivity index (χ4n) is 2.12. The number of nitrogens with zero attached hydrogens (tertiary/aromatic N) is 2. The first-order valence-electron chi connectivity index (χ1n) is 6.35. The summed E-state index contributed by atoms with van der Waals surface area (Å²) < 4.78 is 14.7. The highest BCUT2D eigenvalue weighted by Gasteiger charge is 2.08. The fraction of sp³-hybridized carbons (Fsp3) is 0.0625. The molecule has 0 saturated carbocycles. The summed E-state index contributed by atoms with van der Waals surface area (Å²) in [5.41, 5.74) is 9.23. The van der Waals surface area contributed by atoms with Crippen LogP contribution < -0.4 is 5.73 Å². The predicted octanol–water partition coefficient (Wildman–Crippen LogP) is 3.32. The zero-order valence-electron chi connectivity index (χ0n) is 10.8. The van der Waals surface area contributed by atoms with Gasteiger partial charge < -0.3 is 5.73 Å². The van der Waals surface area contributed by atoms with Gasteiger partial charge in [-0.05, 0) is 29.8 Å². The van der Waals surface area contributed by atoms with E-state index in [4.69, 9.17) is 5.73 Å². The van der Waals surface area contributed by atoms with E-state index in [1.165, 1.54) is 12.1 Å². The van der Waals surface area contributed by atoms with Crippen LogP contribution in [0.15, 0.2) is 60.8 Å². The Labute approximate surface area is 116 Å². The van der Waals surface area contributed by atoms with Gasteiger partial charge in [0.05, 0.1) is 12.2 Å². The van der Waals surface area contributed by atoms with Gasteiger partial charge in [-0.1, -0.05) is 30.3 Å². The van der Waals surface area contributed by atoms with E-state index in [0.29, 0.717) is 17.9 Å². The first-order chi connectivity index (χ1) is 9.72. The van der Waals surface area contributed by atoms with Crippen LogP contribution in [-0.4, -0.2) is 9.78 Å². The number of aromatic nitrogens is 2. The van der Waals surface area contributed by atoms with Gasteiger partial charge in [-0.15, -0.1) is 0 Å². The van der Waals surface area contributed by atoms with Crippen molar-refractivity contribution in [3.63, 3.8) is 0 Å². The number of rotatable bonds is 3. The van der Waals surface area contributed by atoms with Gasteiger partial charge in [-0.3, -0.25) is 4.68 Å². The maximum absolute atomic E-state index is 12.9. The Bertz CT molecular complexity index is 702. The quantitative estimate of drug-likeness (QED) is 0.791.